The van der Waals surface area contributed by atoms with Crippen molar-refractivity contribution >= 4 is 6.09 Å². The molecular formula is C27H37N2O5+. The SMILES string of the molecule is C=CC[N+]12CCC(CC1)[C@@H](OC(=O)N(CCc1ccc(OC)c(OC)c1)Cc1ccc(C)o1)C2. The molecule has 1 amide bonds. The van der Waals surface area contributed by atoms with E-state index in [4.69, 9.17) is 18.6 Å². The summed E-state index contributed by atoms with van der Waals surface area (Å²) in [5, 5.41) is 0. The third-order valence-electron chi connectivity index (χ3n) is 7.33. The number of carbonyl (C=O) groups is 1. The van der Waals surface area contributed by atoms with Gasteiger partial charge in [-0.15, -0.1) is 0 Å². The summed E-state index contributed by atoms with van der Waals surface area (Å²) in [4.78, 5) is 15.2. The minimum atomic E-state index is -0.273. The van der Waals surface area contributed by atoms with Crippen LogP contribution in [0.1, 0.15) is 29.9 Å². The zero-order chi connectivity index (χ0) is 24.1. The Bertz CT molecular complexity index is 993. The monoisotopic (exact) mass is 469 g/mol. The second-order valence-corrected chi connectivity index (χ2v) is 9.58. The highest BCUT2D eigenvalue weighted by Gasteiger charge is 2.47. The first kappa shape index (κ1) is 24.2. The Morgan fingerprint density at radius 2 is 1.94 bits per heavy atom. The fourth-order valence-electron chi connectivity index (χ4n) is 5.38. The van der Waals surface area contributed by atoms with Crippen LogP contribution < -0.4 is 9.47 Å². The van der Waals surface area contributed by atoms with E-state index >= 15 is 0 Å². The number of hydrogen-bond acceptors (Lipinski definition) is 5. The van der Waals surface area contributed by atoms with E-state index < -0.39 is 0 Å². The van der Waals surface area contributed by atoms with Gasteiger partial charge in [-0.05, 0) is 49.2 Å². The molecule has 2 bridgehead atoms. The number of aryl methyl sites for hydroxylation is 1. The molecule has 0 saturated carbocycles. The van der Waals surface area contributed by atoms with Gasteiger partial charge in [0.1, 0.15) is 18.1 Å². The first-order valence-electron chi connectivity index (χ1n) is 12.1. The second-order valence-electron chi connectivity index (χ2n) is 9.58. The highest BCUT2D eigenvalue weighted by Crippen LogP contribution is 2.36. The highest BCUT2D eigenvalue weighted by atomic mass is 16.6. The molecule has 184 valence electrons. The first-order chi connectivity index (χ1) is 16.4. The van der Waals surface area contributed by atoms with E-state index in [-0.39, 0.29) is 12.2 Å². The van der Waals surface area contributed by atoms with Crippen molar-refractivity contribution < 1.29 is 27.9 Å². The average Bonchev–Trinajstić information content (AvgIpc) is 3.26. The van der Waals surface area contributed by atoms with Crippen molar-refractivity contribution in [2.24, 2.45) is 5.92 Å². The van der Waals surface area contributed by atoms with Crippen LogP contribution >= 0.6 is 0 Å². The van der Waals surface area contributed by atoms with E-state index in [2.05, 4.69) is 6.58 Å². The second kappa shape index (κ2) is 10.6. The van der Waals surface area contributed by atoms with Crippen LogP contribution in [0.15, 0.2) is 47.4 Å². The lowest BCUT2D eigenvalue weighted by Crippen LogP contribution is -2.64. The lowest BCUT2D eigenvalue weighted by molar-refractivity contribution is -0.941. The molecule has 3 aliphatic rings. The molecule has 7 nitrogen and oxygen atoms in total. The van der Waals surface area contributed by atoms with Crippen molar-refractivity contribution in [2.45, 2.75) is 38.8 Å². The van der Waals surface area contributed by atoms with Crippen LogP contribution in [0.5, 0.6) is 11.5 Å². The van der Waals surface area contributed by atoms with E-state index in [0.29, 0.717) is 36.9 Å². The minimum Gasteiger partial charge on any atom is -0.493 e. The van der Waals surface area contributed by atoms with Crippen molar-refractivity contribution in [2.75, 3.05) is 46.9 Å². The van der Waals surface area contributed by atoms with Crippen LogP contribution in [0.2, 0.25) is 0 Å². The third-order valence-corrected chi connectivity index (χ3v) is 7.33. The lowest BCUT2D eigenvalue weighted by atomic mass is 9.83. The maximum absolute atomic E-state index is 13.4. The van der Waals surface area contributed by atoms with Gasteiger partial charge in [-0.3, -0.25) is 0 Å². The fourth-order valence-corrected chi connectivity index (χ4v) is 5.38. The molecule has 34 heavy (non-hydrogen) atoms. The van der Waals surface area contributed by atoms with E-state index in [9.17, 15) is 4.79 Å². The molecule has 5 rings (SSSR count). The van der Waals surface area contributed by atoms with Crippen molar-refractivity contribution in [3.63, 3.8) is 0 Å². The number of hydrogen-bond donors (Lipinski definition) is 0. The van der Waals surface area contributed by atoms with Gasteiger partial charge in [0.2, 0.25) is 0 Å². The maximum atomic E-state index is 13.4. The molecule has 1 aromatic heterocycles. The van der Waals surface area contributed by atoms with Crippen LogP contribution in [0, 0.1) is 12.8 Å². The number of carbonyl (C=O) groups excluding carboxylic acids is 1. The molecule has 4 heterocycles. The number of ether oxygens (including phenoxy) is 3. The third kappa shape index (κ3) is 5.41. The molecule has 0 spiro atoms. The molecule has 0 unspecified atom stereocenters. The molecule has 1 aromatic carbocycles. The van der Waals surface area contributed by atoms with Crippen molar-refractivity contribution in [1.82, 2.24) is 4.90 Å². The number of nitrogens with zero attached hydrogens (tertiary/aromatic N) is 2. The van der Waals surface area contributed by atoms with Gasteiger partial charge >= 0.3 is 6.09 Å². The molecule has 2 aromatic rings. The van der Waals surface area contributed by atoms with Gasteiger partial charge in [-0.2, -0.15) is 0 Å². The van der Waals surface area contributed by atoms with Crippen molar-refractivity contribution in [3.8, 4) is 11.5 Å². The highest BCUT2D eigenvalue weighted by molar-refractivity contribution is 5.68. The number of methoxy groups -OCH3 is 2. The molecule has 0 N–H and O–H groups in total. The van der Waals surface area contributed by atoms with Gasteiger partial charge in [0.05, 0.1) is 40.4 Å². The van der Waals surface area contributed by atoms with Gasteiger partial charge in [-0.25, -0.2) is 4.79 Å². The average molecular weight is 470 g/mol. The Labute approximate surface area is 202 Å². The Morgan fingerprint density at radius 3 is 2.59 bits per heavy atom. The summed E-state index contributed by atoms with van der Waals surface area (Å²) < 4.78 is 23.7. The van der Waals surface area contributed by atoms with E-state index in [1.165, 1.54) is 0 Å². The number of benzene rings is 1. The van der Waals surface area contributed by atoms with E-state index in [1.807, 2.05) is 43.3 Å². The number of amides is 1. The number of piperidine rings is 3. The molecule has 3 fully saturated rings. The van der Waals surface area contributed by atoms with Gasteiger partial charge in [0.15, 0.2) is 17.6 Å². The summed E-state index contributed by atoms with van der Waals surface area (Å²) in [6.07, 6.45) is 4.56. The molecule has 0 aliphatic carbocycles. The van der Waals surface area contributed by atoms with Crippen LogP contribution in [0.3, 0.4) is 0 Å². The van der Waals surface area contributed by atoms with Crippen molar-refractivity contribution in [3.05, 3.63) is 60.1 Å². The summed E-state index contributed by atoms with van der Waals surface area (Å²) in [6, 6.07) is 9.69. The summed E-state index contributed by atoms with van der Waals surface area (Å²) in [5.41, 5.74) is 1.06. The molecule has 0 radical (unpaired) electrons. The van der Waals surface area contributed by atoms with E-state index in [1.54, 1.807) is 19.1 Å². The molecule has 1 atom stereocenters. The lowest BCUT2D eigenvalue weighted by Gasteiger charge is -2.51. The summed E-state index contributed by atoms with van der Waals surface area (Å²) in [6.45, 7) is 10.9. The van der Waals surface area contributed by atoms with Crippen molar-refractivity contribution in [1.29, 1.82) is 0 Å². The molecular weight excluding hydrogens is 432 g/mol. The van der Waals surface area contributed by atoms with Crippen LogP contribution in [0.4, 0.5) is 4.79 Å². The van der Waals surface area contributed by atoms with Crippen LogP contribution in [-0.4, -0.2) is 68.5 Å². The zero-order valence-corrected chi connectivity index (χ0v) is 20.6. The van der Waals surface area contributed by atoms with Gasteiger partial charge in [-0.1, -0.05) is 12.6 Å². The number of quaternary nitrogens is 1. The Hall–Kier alpha value is -2.93. The minimum absolute atomic E-state index is 0.0446. The zero-order valence-electron chi connectivity index (χ0n) is 20.6. The number of fused-ring (bicyclic) bond motifs is 3. The fraction of sp³-hybridized carbons (Fsp3) is 0.519. The Balaban J connectivity index is 1.46. The molecule has 7 heteroatoms. The number of rotatable bonds is 10. The summed E-state index contributed by atoms with van der Waals surface area (Å²) >= 11 is 0. The molecule has 3 aliphatic heterocycles. The van der Waals surface area contributed by atoms with Gasteiger partial charge in [0.25, 0.3) is 0 Å². The van der Waals surface area contributed by atoms with Crippen LogP contribution in [-0.2, 0) is 17.7 Å². The summed E-state index contributed by atoms with van der Waals surface area (Å²) in [5.74, 6) is 3.40. The molecule has 3 saturated heterocycles. The van der Waals surface area contributed by atoms with Crippen LogP contribution in [0.25, 0.3) is 0 Å². The maximum Gasteiger partial charge on any atom is 0.410 e. The quantitative estimate of drug-likeness (QED) is 0.377. The van der Waals surface area contributed by atoms with Gasteiger partial charge in [0, 0.05) is 25.3 Å². The Kier molecular flexibility index (Phi) is 7.51. The normalized spacial score (nSPS) is 23.4. The number of furan rings is 1. The summed E-state index contributed by atoms with van der Waals surface area (Å²) in [7, 11) is 3.25. The predicted octanol–water partition coefficient (Wildman–Crippen LogP) is 4.58. The topological polar surface area (TPSA) is 61.1 Å². The largest absolute Gasteiger partial charge is 0.493 e. The Morgan fingerprint density at radius 1 is 1.18 bits per heavy atom. The smallest absolute Gasteiger partial charge is 0.410 e. The first-order valence-corrected chi connectivity index (χ1v) is 12.1. The standard InChI is InChI=1S/C27H37N2O5/c1-5-14-29-15-11-22(12-16-29)26(19-29)34-27(30)28(18-23-8-6-20(2)33-23)13-10-21-7-9-24(31-3)25(17-21)32-4/h5-9,17,22,26H,1,10-16,18-19H2,2-4H3/q+1/t22?,26-,29?/m0/s1. The van der Waals surface area contributed by atoms with E-state index in [0.717, 1.165) is 60.6 Å². The van der Waals surface area contributed by atoms with Gasteiger partial charge < -0.3 is 28.0 Å². The predicted molar refractivity (Wildman–Crippen MR) is 130 cm³/mol.